The standard InChI is InChI=1S/C23H24ClN3O3S/c1-16-5-4-6-20(22(16)24)15-27(31(3,29)30)21-11-9-19(10-12-21)23(28)26-14-18-8-7-17(2)25-13-18/h4-13H,14-15H2,1-3H3,(H,26,28). The number of anilines is 1. The van der Waals surface area contributed by atoms with Crippen LogP contribution < -0.4 is 9.62 Å². The molecule has 0 fully saturated rings. The van der Waals surface area contributed by atoms with E-state index in [4.69, 9.17) is 11.6 Å². The smallest absolute Gasteiger partial charge is 0.251 e. The highest BCUT2D eigenvalue weighted by molar-refractivity contribution is 7.92. The number of nitrogens with one attached hydrogen (secondary N) is 1. The van der Waals surface area contributed by atoms with E-state index in [0.717, 1.165) is 23.1 Å². The molecule has 0 aliphatic heterocycles. The summed E-state index contributed by atoms with van der Waals surface area (Å²) in [4.78, 5) is 16.7. The Kier molecular flexibility index (Phi) is 6.97. The quantitative estimate of drug-likeness (QED) is 0.575. The third-order valence-electron chi connectivity index (χ3n) is 4.83. The van der Waals surface area contributed by atoms with E-state index in [2.05, 4.69) is 10.3 Å². The predicted octanol–water partition coefficient (Wildman–Crippen LogP) is 4.25. The number of aromatic nitrogens is 1. The molecule has 1 amide bonds. The lowest BCUT2D eigenvalue weighted by Gasteiger charge is -2.23. The van der Waals surface area contributed by atoms with Crippen LogP contribution >= 0.6 is 11.6 Å². The fourth-order valence-corrected chi connectivity index (χ4v) is 4.12. The Hall–Kier alpha value is -2.90. The van der Waals surface area contributed by atoms with Crippen molar-refractivity contribution in [2.75, 3.05) is 10.6 Å². The average molecular weight is 458 g/mol. The van der Waals surface area contributed by atoms with Crippen LogP contribution in [0.15, 0.2) is 60.8 Å². The first-order chi connectivity index (χ1) is 14.6. The number of nitrogens with zero attached hydrogens (tertiary/aromatic N) is 2. The zero-order chi connectivity index (χ0) is 22.6. The first kappa shape index (κ1) is 22.8. The van der Waals surface area contributed by atoms with Crippen LogP contribution in [0, 0.1) is 13.8 Å². The number of halogens is 1. The van der Waals surface area contributed by atoms with Crippen LogP contribution in [0.5, 0.6) is 0 Å². The Bertz CT molecular complexity index is 1180. The highest BCUT2D eigenvalue weighted by Gasteiger charge is 2.20. The Labute approximate surface area is 187 Å². The van der Waals surface area contributed by atoms with Crippen molar-refractivity contribution in [1.82, 2.24) is 10.3 Å². The monoisotopic (exact) mass is 457 g/mol. The van der Waals surface area contributed by atoms with Crippen LogP contribution in [0.3, 0.4) is 0 Å². The molecule has 3 aromatic rings. The second-order valence-electron chi connectivity index (χ2n) is 7.36. The summed E-state index contributed by atoms with van der Waals surface area (Å²) in [6.45, 7) is 4.23. The van der Waals surface area contributed by atoms with E-state index in [1.807, 2.05) is 38.1 Å². The SMILES string of the molecule is Cc1ccc(CNC(=O)c2ccc(N(Cc3cccc(C)c3Cl)S(C)(=O)=O)cc2)cn1. The molecule has 3 rings (SSSR count). The van der Waals surface area contributed by atoms with Crippen molar-refractivity contribution in [2.24, 2.45) is 0 Å². The number of amides is 1. The normalized spacial score (nSPS) is 11.2. The summed E-state index contributed by atoms with van der Waals surface area (Å²) in [7, 11) is -3.56. The van der Waals surface area contributed by atoms with Crippen molar-refractivity contribution in [3.05, 3.63) is 93.8 Å². The minimum Gasteiger partial charge on any atom is -0.348 e. The number of rotatable bonds is 7. The molecule has 0 saturated heterocycles. The van der Waals surface area contributed by atoms with E-state index in [-0.39, 0.29) is 12.5 Å². The molecule has 1 N–H and O–H groups in total. The van der Waals surface area contributed by atoms with Crippen LogP contribution in [0.25, 0.3) is 0 Å². The molecule has 6 nitrogen and oxygen atoms in total. The lowest BCUT2D eigenvalue weighted by Crippen LogP contribution is -2.29. The Morgan fingerprint density at radius 2 is 1.77 bits per heavy atom. The van der Waals surface area contributed by atoms with E-state index in [1.54, 1.807) is 36.5 Å². The summed E-state index contributed by atoms with van der Waals surface area (Å²) in [6.07, 6.45) is 2.87. The summed E-state index contributed by atoms with van der Waals surface area (Å²) >= 11 is 6.36. The maximum atomic E-state index is 12.5. The van der Waals surface area contributed by atoms with Gasteiger partial charge in [0.05, 0.1) is 18.5 Å². The second kappa shape index (κ2) is 9.49. The van der Waals surface area contributed by atoms with Gasteiger partial charge in [-0.15, -0.1) is 0 Å². The zero-order valence-corrected chi connectivity index (χ0v) is 19.2. The molecule has 0 aliphatic carbocycles. The topological polar surface area (TPSA) is 79.4 Å². The number of aryl methyl sites for hydroxylation is 2. The zero-order valence-electron chi connectivity index (χ0n) is 17.6. The molecule has 0 spiro atoms. The van der Waals surface area contributed by atoms with Gasteiger partial charge in [-0.3, -0.25) is 14.1 Å². The Morgan fingerprint density at radius 3 is 2.39 bits per heavy atom. The minimum atomic E-state index is -3.56. The lowest BCUT2D eigenvalue weighted by molar-refractivity contribution is 0.0951. The van der Waals surface area contributed by atoms with Gasteiger partial charge in [0.1, 0.15) is 0 Å². The fourth-order valence-electron chi connectivity index (χ4n) is 3.05. The number of carbonyl (C=O) groups is 1. The van der Waals surface area contributed by atoms with E-state index >= 15 is 0 Å². The van der Waals surface area contributed by atoms with Crippen molar-refractivity contribution in [2.45, 2.75) is 26.9 Å². The highest BCUT2D eigenvalue weighted by Crippen LogP contribution is 2.26. The van der Waals surface area contributed by atoms with Crippen molar-refractivity contribution in [1.29, 1.82) is 0 Å². The maximum absolute atomic E-state index is 12.5. The van der Waals surface area contributed by atoms with Crippen LogP contribution in [-0.2, 0) is 23.1 Å². The van der Waals surface area contributed by atoms with E-state index in [0.29, 0.717) is 28.4 Å². The van der Waals surface area contributed by atoms with Gasteiger partial charge in [-0.1, -0.05) is 35.9 Å². The first-order valence-corrected chi connectivity index (χ1v) is 11.9. The maximum Gasteiger partial charge on any atom is 0.251 e. The molecule has 0 aliphatic rings. The van der Waals surface area contributed by atoms with Crippen molar-refractivity contribution < 1.29 is 13.2 Å². The van der Waals surface area contributed by atoms with Crippen LogP contribution in [0.2, 0.25) is 5.02 Å². The third kappa shape index (κ3) is 5.83. The van der Waals surface area contributed by atoms with E-state index < -0.39 is 10.0 Å². The summed E-state index contributed by atoms with van der Waals surface area (Å²) in [5.41, 5.74) is 4.29. The van der Waals surface area contributed by atoms with Crippen molar-refractivity contribution in [3.63, 3.8) is 0 Å². The molecular formula is C23H24ClN3O3S. The summed E-state index contributed by atoms with van der Waals surface area (Å²) in [5, 5.41) is 3.38. The fraction of sp³-hybridized carbons (Fsp3) is 0.217. The number of pyridine rings is 1. The summed E-state index contributed by atoms with van der Waals surface area (Å²) < 4.78 is 26.1. The van der Waals surface area contributed by atoms with Crippen LogP contribution in [0.1, 0.15) is 32.7 Å². The van der Waals surface area contributed by atoms with Gasteiger partial charge in [-0.25, -0.2) is 8.42 Å². The van der Waals surface area contributed by atoms with E-state index in [9.17, 15) is 13.2 Å². The third-order valence-corrected chi connectivity index (χ3v) is 6.51. The molecule has 1 aromatic heterocycles. The highest BCUT2D eigenvalue weighted by atomic mass is 35.5. The number of hydrogen-bond acceptors (Lipinski definition) is 4. The van der Waals surface area contributed by atoms with Gasteiger partial charge in [-0.2, -0.15) is 0 Å². The van der Waals surface area contributed by atoms with Gasteiger partial charge in [0.15, 0.2) is 0 Å². The van der Waals surface area contributed by atoms with Crippen molar-refractivity contribution >= 4 is 33.2 Å². The van der Waals surface area contributed by atoms with Gasteiger partial charge in [0.25, 0.3) is 5.91 Å². The molecule has 0 unspecified atom stereocenters. The second-order valence-corrected chi connectivity index (χ2v) is 9.64. The predicted molar refractivity (Wildman–Crippen MR) is 124 cm³/mol. The number of sulfonamides is 1. The number of carbonyl (C=O) groups excluding carboxylic acids is 1. The van der Waals surface area contributed by atoms with Gasteiger partial charge < -0.3 is 5.32 Å². The molecule has 8 heteroatoms. The van der Waals surface area contributed by atoms with E-state index in [1.165, 1.54) is 4.31 Å². The van der Waals surface area contributed by atoms with Gasteiger partial charge >= 0.3 is 0 Å². The van der Waals surface area contributed by atoms with Gasteiger partial charge in [0.2, 0.25) is 10.0 Å². The molecule has 1 heterocycles. The molecule has 0 radical (unpaired) electrons. The van der Waals surface area contributed by atoms with Gasteiger partial charge in [0, 0.05) is 29.0 Å². The van der Waals surface area contributed by atoms with Crippen molar-refractivity contribution in [3.8, 4) is 0 Å². The molecule has 0 bridgehead atoms. The Morgan fingerprint density at radius 1 is 1.06 bits per heavy atom. The molecule has 31 heavy (non-hydrogen) atoms. The van der Waals surface area contributed by atoms with Crippen LogP contribution in [-0.4, -0.2) is 25.6 Å². The molecule has 162 valence electrons. The lowest BCUT2D eigenvalue weighted by atomic mass is 10.1. The largest absolute Gasteiger partial charge is 0.348 e. The summed E-state index contributed by atoms with van der Waals surface area (Å²) in [6, 6.07) is 15.8. The average Bonchev–Trinajstić information content (AvgIpc) is 2.73. The molecular weight excluding hydrogens is 434 g/mol. The first-order valence-electron chi connectivity index (χ1n) is 9.66. The molecule has 0 saturated carbocycles. The summed E-state index contributed by atoms with van der Waals surface area (Å²) in [5.74, 6) is -0.250. The van der Waals surface area contributed by atoms with Gasteiger partial charge in [-0.05, 0) is 60.9 Å². The molecule has 2 aromatic carbocycles. The van der Waals surface area contributed by atoms with Crippen LogP contribution in [0.4, 0.5) is 5.69 Å². The minimum absolute atomic E-state index is 0.102. The Balaban J connectivity index is 1.75. The number of benzene rings is 2. The number of hydrogen-bond donors (Lipinski definition) is 1. The molecule has 0 atom stereocenters.